The average molecular weight is 370 g/mol. The summed E-state index contributed by atoms with van der Waals surface area (Å²) in [5.41, 5.74) is 0. The van der Waals surface area contributed by atoms with Crippen LogP contribution in [0.1, 0.15) is 0 Å². The van der Waals surface area contributed by atoms with Crippen LogP contribution < -0.4 is 0 Å². The van der Waals surface area contributed by atoms with Gasteiger partial charge in [-0.15, -0.1) is 0 Å². The van der Waals surface area contributed by atoms with Crippen LogP contribution in [-0.4, -0.2) is 103 Å². The molecule has 0 spiro atoms. The van der Waals surface area contributed by atoms with Crippen LogP contribution in [-0.2, 0) is 0 Å². The summed E-state index contributed by atoms with van der Waals surface area (Å²) in [6.45, 7) is 0. The van der Waals surface area contributed by atoms with Gasteiger partial charge in [0.2, 0.25) is 0 Å². The van der Waals surface area contributed by atoms with Gasteiger partial charge in [0.1, 0.15) is 0 Å². The first kappa shape index (κ1) is 26.7. The normalized spacial score (nSPS) is 0. The Bertz CT molecular complexity index is 8.00. The van der Waals surface area contributed by atoms with Crippen LogP contribution in [0.25, 0.3) is 0 Å². The van der Waals surface area contributed by atoms with E-state index in [9.17, 15) is 0 Å². The molecule has 0 amide bonds. The number of hydrogen-bond acceptors (Lipinski definition) is 0. The molecule has 0 aliphatic heterocycles. The molecule has 0 saturated carbocycles. The van der Waals surface area contributed by atoms with E-state index in [2.05, 4.69) is 0 Å². The summed E-state index contributed by atoms with van der Waals surface area (Å²) < 4.78 is 0. The molecule has 0 atom stereocenters. The Kier molecular flexibility index (Phi) is 109. The summed E-state index contributed by atoms with van der Waals surface area (Å²) in [6.07, 6.45) is 0. The Morgan fingerprint density at radius 2 is 1.00 bits per heavy atom. The van der Waals surface area contributed by atoms with Gasteiger partial charge in [-0.1, -0.05) is 0 Å². The zero-order valence-electron chi connectivity index (χ0n) is 0.500. The van der Waals surface area contributed by atoms with Crippen molar-refractivity contribution in [3.8, 4) is 0 Å². The van der Waals surface area contributed by atoms with E-state index in [1.165, 1.54) is 0 Å². The topological polar surface area (TPSA) is 0 Å². The molecule has 0 rings (SSSR count). The maximum absolute atomic E-state index is 0. The van der Waals surface area contributed by atoms with E-state index in [1.54, 1.807) is 0 Å². The fraction of sp³-hybridized carbons (Fsp3) is 0. The summed E-state index contributed by atoms with van der Waals surface area (Å²) in [7, 11) is 0. The standard InChI is InChI=1S/Ba.Ga.GeH4.H2Se.5H/h;;1H4;1H2;;;;;. The Morgan fingerprint density at radius 1 is 1.00 bits per heavy atom. The van der Waals surface area contributed by atoms with Crippen molar-refractivity contribution in [2.45, 2.75) is 0 Å². The molecule has 0 aromatic heterocycles. The molecule has 0 heterocycles. The van der Waals surface area contributed by atoms with Crippen LogP contribution in [0.15, 0.2) is 0 Å². The van der Waals surface area contributed by atoms with Crippen LogP contribution in [0.3, 0.4) is 0 Å². The van der Waals surface area contributed by atoms with Gasteiger partial charge in [0.15, 0.2) is 0 Å². The zero-order valence-corrected chi connectivity index (χ0v) is 2.60. The maximum atomic E-state index is 0. The Morgan fingerprint density at radius 3 is 1.00 bits per heavy atom. The molecule has 0 bridgehead atoms. The van der Waals surface area contributed by atoms with Gasteiger partial charge in [0.05, 0.1) is 0 Å². The van der Waals surface area contributed by atoms with Gasteiger partial charge in [0, 0.05) is 0 Å². The third-order valence-electron chi connectivity index (χ3n) is 0. The van der Waals surface area contributed by atoms with Crippen LogP contribution in [0.2, 0.25) is 0 Å². The van der Waals surface area contributed by atoms with E-state index >= 15 is 0 Å². The van der Waals surface area contributed by atoms with Crippen molar-refractivity contribution in [2.75, 3.05) is 0 Å². The number of rotatable bonds is 0. The zero-order chi connectivity index (χ0) is 0. The monoisotopic (exact) mass is 372 g/mol. The van der Waals surface area contributed by atoms with E-state index in [0.717, 1.165) is 0 Å². The Balaban J connectivity index is 0. The van der Waals surface area contributed by atoms with Crippen LogP contribution in [0.5, 0.6) is 0 Å². The molecule has 0 aliphatic carbocycles. The first-order valence-corrected chi connectivity index (χ1v) is 0. The third kappa shape index (κ3) is 8.99. The van der Waals surface area contributed by atoms with Crippen molar-refractivity contribution < 1.29 is 0 Å². The van der Waals surface area contributed by atoms with E-state index in [0.29, 0.717) is 0 Å². The minimum atomic E-state index is 0. The van der Waals surface area contributed by atoms with Crippen molar-refractivity contribution in [1.82, 2.24) is 0 Å². The van der Waals surface area contributed by atoms with Crippen molar-refractivity contribution in [3.05, 3.63) is 0 Å². The van der Waals surface area contributed by atoms with E-state index < -0.39 is 0 Å². The molecule has 0 N–H and O–H groups in total. The molecule has 0 radical (unpaired) electrons. The van der Waals surface area contributed by atoms with Crippen molar-refractivity contribution in [2.24, 2.45) is 0 Å². The van der Waals surface area contributed by atoms with Crippen molar-refractivity contribution >= 4 is 103 Å². The SMILES string of the molecule is [BaH2].[GaH3].[GeH4].[SeH2]. The van der Waals surface area contributed by atoms with Gasteiger partial charge in [-0.2, -0.15) is 0 Å². The predicted molar refractivity (Wildman–Crippen MR) is 38.4 cm³/mol. The molecule has 0 fully saturated rings. The summed E-state index contributed by atoms with van der Waals surface area (Å²) >= 11 is 0. The third-order valence-corrected chi connectivity index (χ3v) is 0. The first-order valence-electron chi connectivity index (χ1n) is 0. The minimum absolute atomic E-state index is 0. The Hall–Kier alpha value is 3.27. The second kappa shape index (κ2) is 16.3. The van der Waals surface area contributed by atoms with Gasteiger partial charge in [-0.05, 0) is 0 Å². The fourth-order valence-electron chi connectivity index (χ4n) is 0. The summed E-state index contributed by atoms with van der Waals surface area (Å²) in [5, 5.41) is 0. The average Bonchev–Trinajstić information content (AvgIpc) is 0. The quantitative estimate of drug-likeness (QED) is 0.378. The molecule has 26 valence electrons. The molecular weight excluding hydrogens is 359 g/mol. The molecule has 0 unspecified atom stereocenters. The van der Waals surface area contributed by atoms with Gasteiger partial charge < -0.3 is 0 Å². The summed E-state index contributed by atoms with van der Waals surface area (Å²) in [5.74, 6) is 0. The van der Waals surface area contributed by atoms with Gasteiger partial charge in [0.25, 0.3) is 0 Å². The molecule has 0 aromatic carbocycles. The fourth-order valence-corrected chi connectivity index (χ4v) is 0. The van der Waals surface area contributed by atoms with E-state index in [-0.39, 0.29) is 103 Å². The second-order valence-corrected chi connectivity index (χ2v) is 0. The summed E-state index contributed by atoms with van der Waals surface area (Å²) in [6, 6.07) is 0. The van der Waals surface area contributed by atoms with Crippen molar-refractivity contribution in [1.29, 1.82) is 0 Å². The van der Waals surface area contributed by atoms with Crippen LogP contribution >= 0.6 is 0 Å². The molecule has 0 nitrogen and oxygen atoms in total. The van der Waals surface area contributed by atoms with Crippen molar-refractivity contribution in [3.63, 3.8) is 0 Å². The molecule has 4 heavy (non-hydrogen) atoms. The summed E-state index contributed by atoms with van der Waals surface area (Å²) in [4.78, 5) is 0. The second-order valence-electron chi connectivity index (χ2n) is 0. The van der Waals surface area contributed by atoms with Crippen LogP contribution in [0.4, 0.5) is 0 Å². The van der Waals surface area contributed by atoms with E-state index in [1.807, 2.05) is 0 Å². The van der Waals surface area contributed by atoms with Gasteiger partial charge in [-0.25, -0.2) is 0 Å². The molecule has 0 aliphatic rings. The van der Waals surface area contributed by atoms with Crippen LogP contribution in [0, 0.1) is 0 Å². The molecule has 4 heteroatoms. The predicted octanol–water partition coefficient (Wildman–Crippen LogP) is -4.47. The Labute approximate surface area is 101 Å². The van der Waals surface area contributed by atoms with Gasteiger partial charge >= 0.3 is 103 Å². The van der Waals surface area contributed by atoms with Gasteiger partial charge in [-0.3, -0.25) is 0 Å². The molecule has 0 saturated heterocycles. The molecular formula is H11BaGaGeSe. The van der Waals surface area contributed by atoms with E-state index in [4.69, 9.17) is 0 Å². The number of hydrogen-bond donors (Lipinski definition) is 0. The molecule has 0 aromatic rings. The first-order chi connectivity index (χ1) is 0.